The minimum atomic E-state index is -1.76. The molecule has 1 N–H and O–H groups in total. The average molecular weight is 259 g/mol. The predicted octanol–water partition coefficient (Wildman–Crippen LogP) is 3.95. The number of nitrogens with one attached hydrogen (secondary N) is 1. The van der Waals surface area contributed by atoms with Crippen molar-refractivity contribution < 1.29 is 4.74 Å². The normalized spacial score (nSPS) is 12.4. The van der Waals surface area contributed by atoms with E-state index in [0.717, 1.165) is 6.42 Å². The molecule has 0 bridgehead atoms. The van der Waals surface area contributed by atoms with Gasteiger partial charge >= 0.3 is 0 Å². The maximum atomic E-state index is 7.21. The van der Waals surface area contributed by atoms with Gasteiger partial charge in [0.2, 0.25) is 5.90 Å². The molecule has 0 aliphatic rings. The van der Waals surface area contributed by atoms with E-state index in [1.54, 1.807) is 0 Å². The number of rotatable bonds is 4. The SMILES string of the molecule is CC(C)C/C=C/COC(=N)C(Cl)(Cl)Cl. The summed E-state index contributed by atoms with van der Waals surface area (Å²) in [6.45, 7) is 4.50. The van der Waals surface area contributed by atoms with Gasteiger partial charge in [0.25, 0.3) is 3.79 Å². The van der Waals surface area contributed by atoms with E-state index in [-0.39, 0.29) is 12.5 Å². The lowest BCUT2D eigenvalue weighted by molar-refractivity contribution is 0.339. The van der Waals surface area contributed by atoms with Gasteiger partial charge < -0.3 is 4.74 Å². The molecule has 0 aromatic heterocycles. The molecule has 0 amide bonds. The average Bonchev–Trinajstić information content (AvgIpc) is 2.01. The van der Waals surface area contributed by atoms with E-state index >= 15 is 0 Å². The van der Waals surface area contributed by atoms with Crippen molar-refractivity contribution in [2.24, 2.45) is 5.92 Å². The van der Waals surface area contributed by atoms with Crippen LogP contribution in [0, 0.1) is 11.3 Å². The van der Waals surface area contributed by atoms with E-state index in [1.165, 1.54) is 0 Å². The zero-order valence-electron chi connectivity index (χ0n) is 8.19. The Bertz CT molecular complexity index is 209. The molecule has 0 spiro atoms. The fraction of sp³-hybridized carbons (Fsp3) is 0.667. The van der Waals surface area contributed by atoms with Crippen molar-refractivity contribution in [3.63, 3.8) is 0 Å². The van der Waals surface area contributed by atoms with Gasteiger partial charge in [-0.1, -0.05) is 60.8 Å². The Labute approximate surface area is 99.7 Å². The third kappa shape index (κ3) is 7.48. The molecule has 5 heteroatoms. The highest BCUT2D eigenvalue weighted by molar-refractivity contribution is 6.76. The molecular weight excluding hydrogens is 244 g/mol. The van der Waals surface area contributed by atoms with Crippen LogP contribution in [-0.4, -0.2) is 16.3 Å². The molecule has 0 atom stereocenters. The Morgan fingerprint density at radius 3 is 2.36 bits per heavy atom. The van der Waals surface area contributed by atoms with Gasteiger partial charge in [-0.2, -0.15) is 0 Å². The van der Waals surface area contributed by atoms with E-state index in [0.29, 0.717) is 5.92 Å². The zero-order chi connectivity index (χ0) is 11.2. The van der Waals surface area contributed by atoms with Gasteiger partial charge in [0.1, 0.15) is 6.61 Å². The molecule has 0 aliphatic carbocycles. The van der Waals surface area contributed by atoms with Crippen molar-refractivity contribution in [2.45, 2.75) is 24.1 Å². The second-order valence-corrected chi connectivity index (χ2v) is 5.52. The highest BCUT2D eigenvalue weighted by Gasteiger charge is 2.28. The number of ether oxygens (including phenoxy) is 1. The largest absolute Gasteiger partial charge is 0.474 e. The summed E-state index contributed by atoms with van der Waals surface area (Å²) in [5, 5.41) is 7.21. The molecule has 0 aromatic rings. The molecule has 0 rings (SSSR count). The number of halogens is 3. The lowest BCUT2D eigenvalue weighted by atomic mass is 10.1. The fourth-order valence-corrected chi connectivity index (χ4v) is 0.813. The number of hydrogen-bond acceptors (Lipinski definition) is 2. The van der Waals surface area contributed by atoms with Gasteiger partial charge in [-0.15, -0.1) is 0 Å². The second kappa shape index (κ2) is 6.54. The molecule has 0 radical (unpaired) electrons. The first kappa shape index (κ1) is 14.1. The van der Waals surface area contributed by atoms with Gasteiger partial charge in [0, 0.05) is 0 Å². The molecule has 14 heavy (non-hydrogen) atoms. The van der Waals surface area contributed by atoms with Crippen molar-refractivity contribution in [1.29, 1.82) is 5.41 Å². The monoisotopic (exact) mass is 257 g/mol. The standard InChI is InChI=1S/C9H14Cl3NO/c1-7(2)5-3-4-6-14-8(13)9(10,11)12/h3-4,7,13H,5-6H2,1-2H3/b4-3+,13-8?. The van der Waals surface area contributed by atoms with Crippen LogP contribution in [0.4, 0.5) is 0 Å². The quantitative estimate of drug-likeness (QED) is 0.352. The third-order valence-corrected chi connectivity index (χ3v) is 1.87. The summed E-state index contributed by atoms with van der Waals surface area (Å²) in [6.07, 6.45) is 4.77. The zero-order valence-corrected chi connectivity index (χ0v) is 10.5. The molecule has 0 saturated heterocycles. The second-order valence-electron chi connectivity index (χ2n) is 3.24. The molecular formula is C9H14Cl3NO. The molecule has 0 unspecified atom stereocenters. The summed E-state index contributed by atoms with van der Waals surface area (Å²) in [6, 6.07) is 0. The minimum Gasteiger partial charge on any atom is -0.474 e. The Morgan fingerprint density at radius 2 is 1.93 bits per heavy atom. The first-order valence-electron chi connectivity index (χ1n) is 4.27. The van der Waals surface area contributed by atoms with E-state index in [4.69, 9.17) is 44.9 Å². The summed E-state index contributed by atoms with van der Waals surface area (Å²) in [5.74, 6) is 0.260. The van der Waals surface area contributed by atoms with Crippen LogP contribution in [0.3, 0.4) is 0 Å². The molecule has 0 aliphatic heterocycles. The fourth-order valence-electron chi connectivity index (χ4n) is 0.650. The van der Waals surface area contributed by atoms with Crippen LogP contribution in [0.25, 0.3) is 0 Å². The molecule has 0 fully saturated rings. The Balaban J connectivity index is 3.65. The summed E-state index contributed by atoms with van der Waals surface area (Å²) < 4.78 is 3.13. The van der Waals surface area contributed by atoms with Crippen LogP contribution >= 0.6 is 34.8 Å². The summed E-state index contributed by atoms with van der Waals surface area (Å²) in [4.78, 5) is 0. The first-order chi connectivity index (χ1) is 6.34. The number of allylic oxidation sites excluding steroid dienone is 1. The lowest BCUT2D eigenvalue weighted by Gasteiger charge is -2.11. The molecule has 2 nitrogen and oxygen atoms in total. The van der Waals surface area contributed by atoms with Crippen LogP contribution in [0.5, 0.6) is 0 Å². The van der Waals surface area contributed by atoms with Gasteiger partial charge in [0.05, 0.1) is 0 Å². The van der Waals surface area contributed by atoms with Crippen molar-refractivity contribution in [3.8, 4) is 0 Å². The predicted molar refractivity (Wildman–Crippen MR) is 62.6 cm³/mol. The van der Waals surface area contributed by atoms with Crippen LogP contribution < -0.4 is 0 Å². The van der Waals surface area contributed by atoms with Crippen molar-refractivity contribution in [2.75, 3.05) is 6.61 Å². The van der Waals surface area contributed by atoms with Gasteiger partial charge in [0.15, 0.2) is 0 Å². The van der Waals surface area contributed by atoms with Crippen LogP contribution in [-0.2, 0) is 4.74 Å². The van der Waals surface area contributed by atoms with Crippen molar-refractivity contribution in [3.05, 3.63) is 12.2 Å². The van der Waals surface area contributed by atoms with E-state index in [9.17, 15) is 0 Å². The summed E-state index contributed by atoms with van der Waals surface area (Å²) in [5.41, 5.74) is 0. The Hall–Kier alpha value is 0.0800. The Morgan fingerprint density at radius 1 is 1.36 bits per heavy atom. The topological polar surface area (TPSA) is 33.1 Å². The number of alkyl halides is 3. The molecule has 82 valence electrons. The van der Waals surface area contributed by atoms with E-state index in [2.05, 4.69) is 13.8 Å². The molecule has 0 heterocycles. The van der Waals surface area contributed by atoms with Crippen molar-refractivity contribution >= 4 is 40.7 Å². The minimum absolute atomic E-state index is 0.263. The van der Waals surface area contributed by atoms with Crippen LogP contribution in [0.1, 0.15) is 20.3 Å². The van der Waals surface area contributed by atoms with Crippen molar-refractivity contribution in [1.82, 2.24) is 0 Å². The third-order valence-electron chi connectivity index (χ3n) is 1.36. The first-order valence-corrected chi connectivity index (χ1v) is 5.41. The summed E-state index contributed by atoms with van der Waals surface area (Å²) >= 11 is 16.2. The van der Waals surface area contributed by atoms with Crippen LogP contribution in [0.15, 0.2) is 12.2 Å². The highest BCUT2D eigenvalue weighted by atomic mass is 35.6. The van der Waals surface area contributed by atoms with Gasteiger partial charge in [-0.3, -0.25) is 5.41 Å². The van der Waals surface area contributed by atoms with E-state index < -0.39 is 3.79 Å². The highest BCUT2D eigenvalue weighted by Crippen LogP contribution is 2.27. The smallest absolute Gasteiger partial charge is 0.265 e. The van der Waals surface area contributed by atoms with Gasteiger partial charge in [-0.05, 0) is 12.3 Å². The maximum absolute atomic E-state index is 7.21. The summed E-state index contributed by atoms with van der Waals surface area (Å²) in [7, 11) is 0. The lowest BCUT2D eigenvalue weighted by Crippen LogP contribution is -2.21. The maximum Gasteiger partial charge on any atom is 0.265 e. The number of hydrogen-bond donors (Lipinski definition) is 1. The Kier molecular flexibility index (Phi) is 6.58. The molecule has 0 aromatic carbocycles. The van der Waals surface area contributed by atoms with Gasteiger partial charge in [-0.25, -0.2) is 0 Å². The van der Waals surface area contributed by atoms with Crippen LogP contribution in [0.2, 0.25) is 0 Å². The molecule has 0 saturated carbocycles. The van der Waals surface area contributed by atoms with E-state index in [1.807, 2.05) is 12.2 Å².